The number of rotatable bonds is 5. The molecule has 144 valence electrons. The van der Waals surface area contributed by atoms with Gasteiger partial charge in [-0.25, -0.2) is 0 Å². The maximum absolute atomic E-state index is 5.50. The molecule has 0 spiro atoms. The highest BCUT2D eigenvalue weighted by atomic mass is 32.2. The van der Waals surface area contributed by atoms with E-state index >= 15 is 0 Å². The molecule has 0 amide bonds. The molecule has 1 saturated heterocycles. The van der Waals surface area contributed by atoms with Gasteiger partial charge in [0, 0.05) is 18.8 Å². The number of nitrogens with zero attached hydrogens (tertiary/aromatic N) is 4. The molecule has 0 saturated carbocycles. The largest absolute Gasteiger partial charge is 0.454 e. The minimum atomic E-state index is 0.299. The van der Waals surface area contributed by atoms with E-state index in [1.807, 2.05) is 18.2 Å². The van der Waals surface area contributed by atoms with Crippen molar-refractivity contribution in [2.75, 3.05) is 24.8 Å². The molecule has 1 aromatic heterocycles. The second kappa shape index (κ2) is 7.75. The van der Waals surface area contributed by atoms with Crippen LogP contribution >= 0.6 is 11.8 Å². The molecule has 0 aliphatic carbocycles. The molecular weight excluding hydrogens is 372 g/mol. The summed E-state index contributed by atoms with van der Waals surface area (Å²) in [5.41, 5.74) is 2.28. The van der Waals surface area contributed by atoms with Crippen LogP contribution in [0.1, 0.15) is 24.8 Å². The van der Waals surface area contributed by atoms with Crippen molar-refractivity contribution in [3.63, 3.8) is 0 Å². The van der Waals surface area contributed by atoms with Crippen LogP contribution in [0.3, 0.4) is 0 Å². The summed E-state index contributed by atoms with van der Waals surface area (Å²) in [7, 11) is 0. The second-order valence-corrected chi connectivity index (χ2v) is 7.92. The fourth-order valence-corrected chi connectivity index (χ4v) is 4.53. The van der Waals surface area contributed by atoms with Crippen LogP contribution in [-0.4, -0.2) is 34.6 Å². The summed E-state index contributed by atoms with van der Waals surface area (Å²) in [4.78, 5) is 2.36. The molecule has 0 bridgehead atoms. The van der Waals surface area contributed by atoms with Gasteiger partial charge in [-0.2, -0.15) is 0 Å². The van der Waals surface area contributed by atoms with Gasteiger partial charge in [0.15, 0.2) is 16.7 Å². The monoisotopic (exact) mass is 394 g/mol. The number of hydrogen-bond acceptors (Lipinski definition) is 6. The number of fused-ring (bicyclic) bond motifs is 1. The van der Waals surface area contributed by atoms with Gasteiger partial charge >= 0.3 is 0 Å². The maximum Gasteiger partial charge on any atom is 0.232 e. The zero-order valence-corrected chi connectivity index (χ0v) is 16.4. The van der Waals surface area contributed by atoms with Gasteiger partial charge in [-0.05, 0) is 49.1 Å². The first kappa shape index (κ1) is 17.4. The number of piperidine rings is 1. The molecule has 3 aromatic rings. The SMILES string of the molecule is c1ccc(-n2c(SCc3ccc4c(c3)OCO4)nnc2N2CCCCC2)cc1. The Labute approximate surface area is 168 Å². The third-order valence-corrected chi connectivity index (χ3v) is 6.07. The number of anilines is 1. The summed E-state index contributed by atoms with van der Waals surface area (Å²) < 4.78 is 13.1. The molecule has 5 rings (SSSR count). The Kier molecular flexibility index (Phi) is 4.83. The summed E-state index contributed by atoms with van der Waals surface area (Å²) in [5.74, 6) is 3.37. The lowest BCUT2D eigenvalue weighted by atomic mass is 10.1. The highest BCUT2D eigenvalue weighted by Gasteiger charge is 2.22. The Morgan fingerprint density at radius 2 is 1.71 bits per heavy atom. The van der Waals surface area contributed by atoms with Gasteiger partial charge in [0.2, 0.25) is 12.7 Å². The summed E-state index contributed by atoms with van der Waals surface area (Å²) in [6.45, 7) is 2.38. The highest BCUT2D eigenvalue weighted by Crippen LogP contribution is 2.35. The summed E-state index contributed by atoms with van der Waals surface area (Å²) in [6, 6.07) is 16.5. The standard InChI is InChI=1S/C21H22N4O2S/c1-3-7-17(8-4-1)25-20(24-11-5-2-6-12-24)22-23-21(25)28-14-16-9-10-18-19(13-16)27-15-26-18/h1,3-4,7-10,13H,2,5-6,11-12,14-15H2. The molecule has 0 radical (unpaired) electrons. The number of hydrogen-bond donors (Lipinski definition) is 0. The average molecular weight is 395 g/mol. The van der Waals surface area contributed by atoms with Crippen molar-refractivity contribution >= 4 is 17.7 Å². The molecule has 3 heterocycles. The summed E-state index contributed by atoms with van der Waals surface area (Å²) in [6.07, 6.45) is 3.71. The molecule has 2 aliphatic rings. The Bertz CT molecular complexity index is 954. The minimum absolute atomic E-state index is 0.299. The first-order chi connectivity index (χ1) is 13.9. The maximum atomic E-state index is 5.50. The number of ether oxygens (including phenoxy) is 2. The van der Waals surface area contributed by atoms with Crippen LogP contribution in [0.15, 0.2) is 53.7 Å². The second-order valence-electron chi connectivity index (χ2n) is 6.98. The van der Waals surface area contributed by atoms with Crippen LogP contribution in [0, 0.1) is 0 Å². The van der Waals surface area contributed by atoms with Gasteiger partial charge in [0.1, 0.15) is 0 Å². The van der Waals surface area contributed by atoms with E-state index in [1.54, 1.807) is 11.8 Å². The van der Waals surface area contributed by atoms with E-state index in [0.717, 1.165) is 47.1 Å². The lowest BCUT2D eigenvalue weighted by molar-refractivity contribution is 0.174. The van der Waals surface area contributed by atoms with Crippen LogP contribution in [0.2, 0.25) is 0 Å². The van der Waals surface area contributed by atoms with Gasteiger partial charge in [-0.15, -0.1) is 10.2 Å². The minimum Gasteiger partial charge on any atom is -0.454 e. The first-order valence-corrected chi connectivity index (χ1v) is 10.6. The first-order valence-electron chi connectivity index (χ1n) is 9.65. The lowest BCUT2D eigenvalue weighted by Crippen LogP contribution is -2.31. The Morgan fingerprint density at radius 1 is 0.893 bits per heavy atom. The zero-order valence-electron chi connectivity index (χ0n) is 15.6. The van der Waals surface area contributed by atoms with Crippen molar-refractivity contribution < 1.29 is 9.47 Å². The van der Waals surface area contributed by atoms with E-state index in [1.165, 1.54) is 24.8 Å². The van der Waals surface area contributed by atoms with E-state index in [2.05, 4.69) is 50.0 Å². The van der Waals surface area contributed by atoms with Crippen molar-refractivity contribution in [1.82, 2.24) is 14.8 Å². The molecule has 0 N–H and O–H groups in total. The number of aromatic nitrogens is 3. The smallest absolute Gasteiger partial charge is 0.232 e. The Balaban J connectivity index is 1.43. The van der Waals surface area contributed by atoms with Crippen LogP contribution in [0.5, 0.6) is 11.5 Å². The quantitative estimate of drug-likeness (QED) is 0.602. The van der Waals surface area contributed by atoms with Crippen molar-refractivity contribution in [2.24, 2.45) is 0 Å². The molecule has 1 fully saturated rings. The van der Waals surface area contributed by atoms with Gasteiger partial charge < -0.3 is 14.4 Å². The summed E-state index contributed by atoms with van der Waals surface area (Å²) >= 11 is 1.69. The van der Waals surface area contributed by atoms with Crippen molar-refractivity contribution in [3.05, 3.63) is 54.1 Å². The molecule has 6 nitrogen and oxygen atoms in total. The van der Waals surface area contributed by atoms with Gasteiger partial charge in [0.05, 0.1) is 5.69 Å². The zero-order chi connectivity index (χ0) is 18.8. The third-order valence-electron chi connectivity index (χ3n) is 5.07. The fraction of sp³-hybridized carbons (Fsp3) is 0.333. The van der Waals surface area contributed by atoms with Crippen molar-refractivity contribution in [1.29, 1.82) is 0 Å². The number of para-hydroxylation sites is 1. The number of thioether (sulfide) groups is 1. The lowest BCUT2D eigenvalue weighted by Gasteiger charge is -2.27. The van der Waals surface area contributed by atoms with Gasteiger partial charge in [-0.3, -0.25) is 4.57 Å². The van der Waals surface area contributed by atoms with Crippen molar-refractivity contribution in [3.8, 4) is 17.2 Å². The topological polar surface area (TPSA) is 52.4 Å². The van der Waals surface area contributed by atoms with Gasteiger partial charge in [0.25, 0.3) is 0 Å². The predicted molar refractivity (Wildman–Crippen MR) is 110 cm³/mol. The Hall–Kier alpha value is -2.67. The normalized spacial score (nSPS) is 15.8. The molecule has 28 heavy (non-hydrogen) atoms. The van der Waals surface area contributed by atoms with Crippen LogP contribution in [0.4, 0.5) is 5.95 Å². The molecule has 7 heteroatoms. The third kappa shape index (κ3) is 3.42. The van der Waals surface area contributed by atoms with Crippen LogP contribution in [-0.2, 0) is 5.75 Å². The average Bonchev–Trinajstić information content (AvgIpc) is 3.40. The van der Waals surface area contributed by atoms with Crippen LogP contribution < -0.4 is 14.4 Å². The van der Waals surface area contributed by atoms with E-state index < -0.39 is 0 Å². The summed E-state index contributed by atoms with van der Waals surface area (Å²) in [5, 5.41) is 10.0. The fourth-order valence-electron chi connectivity index (χ4n) is 3.64. The predicted octanol–water partition coefficient (Wildman–Crippen LogP) is 4.28. The van der Waals surface area contributed by atoms with E-state index in [0.29, 0.717) is 6.79 Å². The van der Waals surface area contributed by atoms with E-state index in [-0.39, 0.29) is 0 Å². The van der Waals surface area contributed by atoms with Crippen molar-refractivity contribution in [2.45, 2.75) is 30.2 Å². The molecule has 0 atom stereocenters. The number of benzene rings is 2. The van der Waals surface area contributed by atoms with E-state index in [9.17, 15) is 0 Å². The van der Waals surface area contributed by atoms with E-state index in [4.69, 9.17) is 9.47 Å². The molecule has 0 unspecified atom stereocenters. The van der Waals surface area contributed by atoms with Gasteiger partial charge in [-0.1, -0.05) is 36.0 Å². The molecular formula is C21H22N4O2S. The van der Waals surface area contributed by atoms with Crippen LogP contribution in [0.25, 0.3) is 5.69 Å². The molecule has 2 aliphatic heterocycles. The Morgan fingerprint density at radius 3 is 2.57 bits per heavy atom. The molecule has 2 aromatic carbocycles. The highest BCUT2D eigenvalue weighted by molar-refractivity contribution is 7.98.